The minimum atomic E-state index is 0.675. The molecule has 100 valence electrons. The highest BCUT2D eigenvalue weighted by Gasteiger charge is 2.21. The van der Waals surface area contributed by atoms with Crippen molar-refractivity contribution < 1.29 is 0 Å². The third kappa shape index (κ3) is 3.18. The maximum atomic E-state index is 6.09. The van der Waals surface area contributed by atoms with Gasteiger partial charge in [0.05, 0.1) is 0 Å². The van der Waals surface area contributed by atoms with Gasteiger partial charge in [-0.2, -0.15) is 0 Å². The van der Waals surface area contributed by atoms with Gasteiger partial charge in [-0.1, -0.05) is 18.0 Å². The highest BCUT2D eigenvalue weighted by atomic mass is 35.5. The molecule has 0 heterocycles. The summed E-state index contributed by atoms with van der Waals surface area (Å²) in [5, 5.41) is 0.807. The summed E-state index contributed by atoms with van der Waals surface area (Å²) < 4.78 is 0. The van der Waals surface area contributed by atoms with Gasteiger partial charge in [-0.3, -0.25) is 0 Å². The van der Waals surface area contributed by atoms with Gasteiger partial charge in [0.25, 0.3) is 0 Å². The SMILES string of the molecule is CCN(CC1CCC1)c1ccc(Cl)cc1CCN. The Hall–Kier alpha value is -0.730. The average molecular weight is 267 g/mol. The Kier molecular flexibility index (Phi) is 4.90. The third-order valence-electron chi connectivity index (χ3n) is 3.88. The van der Waals surface area contributed by atoms with Crippen molar-refractivity contribution in [1.82, 2.24) is 0 Å². The van der Waals surface area contributed by atoms with E-state index >= 15 is 0 Å². The van der Waals surface area contributed by atoms with Crippen LogP contribution in [0.1, 0.15) is 31.7 Å². The zero-order valence-electron chi connectivity index (χ0n) is 11.2. The van der Waals surface area contributed by atoms with Crippen LogP contribution in [0.5, 0.6) is 0 Å². The zero-order valence-corrected chi connectivity index (χ0v) is 11.9. The van der Waals surface area contributed by atoms with Crippen molar-refractivity contribution in [2.75, 3.05) is 24.5 Å². The molecule has 0 aliphatic heterocycles. The minimum absolute atomic E-state index is 0.675. The molecule has 0 bridgehead atoms. The van der Waals surface area contributed by atoms with Crippen molar-refractivity contribution in [2.24, 2.45) is 11.7 Å². The third-order valence-corrected chi connectivity index (χ3v) is 4.12. The molecule has 2 rings (SSSR count). The van der Waals surface area contributed by atoms with E-state index in [9.17, 15) is 0 Å². The molecule has 0 saturated heterocycles. The molecule has 2 nitrogen and oxygen atoms in total. The van der Waals surface area contributed by atoms with Crippen molar-refractivity contribution in [2.45, 2.75) is 32.6 Å². The quantitative estimate of drug-likeness (QED) is 0.854. The second-order valence-electron chi connectivity index (χ2n) is 5.15. The molecule has 0 atom stereocenters. The Bertz CT molecular complexity index is 388. The van der Waals surface area contributed by atoms with Crippen LogP contribution in [0.15, 0.2) is 18.2 Å². The van der Waals surface area contributed by atoms with Crippen LogP contribution < -0.4 is 10.6 Å². The van der Waals surface area contributed by atoms with Crippen LogP contribution in [0.3, 0.4) is 0 Å². The molecule has 1 aliphatic carbocycles. The number of rotatable bonds is 6. The molecule has 0 spiro atoms. The molecule has 1 fully saturated rings. The first-order chi connectivity index (χ1) is 8.74. The van der Waals surface area contributed by atoms with Crippen molar-refractivity contribution in [1.29, 1.82) is 0 Å². The molecule has 1 aliphatic rings. The van der Waals surface area contributed by atoms with Crippen molar-refractivity contribution >= 4 is 17.3 Å². The van der Waals surface area contributed by atoms with Gasteiger partial charge < -0.3 is 10.6 Å². The second kappa shape index (κ2) is 6.44. The van der Waals surface area contributed by atoms with Gasteiger partial charge in [0.2, 0.25) is 0 Å². The summed E-state index contributed by atoms with van der Waals surface area (Å²) in [6.07, 6.45) is 5.07. The molecule has 1 aromatic rings. The van der Waals surface area contributed by atoms with E-state index in [1.54, 1.807) is 0 Å². The summed E-state index contributed by atoms with van der Waals surface area (Å²) >= 11 is 6.09. The number of nitrogens with two attached hydrogens (primary N) is 1. The summed E-state index contributed by atoms with van der Waals surface area (Å²) in [5.74, 6) is 0.881. The van der Waals surface area contributed by atoms with Gasteiger partial charge in [0, 0.05) is 23.8 Å². The fourth-order valence-electron chi connectivity index (χ4n) is 2.60. The lowest BCUT2D eigenvalue weighted by molar-refractivity contribution is 0.318. The van der Waals surface area contributed by atoms with E-state index in [-0.39, 0.29) is 0 Å². The van der Waals surface area contributed by atoms with Crippen LogP contribution in [0.4, 0.5) is 5.69 Å². The summed E-state index contributed by atoms with van der Waals surface area (Å²) in [4.78, 5) is 2.48. The molecule has 1 aromatic carbocycles. The van der Waals surface area contributed by atoms with Crippen LogP contribution in [-0.4, -0.2) is 19.6 Å². The maximum Gasteiger partial charge on any atom is 0.0410 e. The summed E-state index contributed by atoms with van der Waals surface area (Å²) in [5.41, 5.74) is 8.30. The highest BCUT2D eigenvalue weighted by molar-refractivity contribution is 6.30. The summed E-state index contributed by atoms with van der Waals surface area (Å²) in [6, 6.07) is 6.20. The molecule has 2 N–H and O–H groups in total. The lowest BCUT2D eigenvalue weighted by Crippen LogP contribution is -2.33. The van der Waals surface area contributed by atoms with E-state index in [4.69, 9.17) is 17.3 Å². The number of halogens is 1. The lowest BCUT2D eigenvalue weighted by atomic mass is 9.85. The highest BCUT2D eigenvalue weighted by Crippen LogP contribution is 2.31. The molecule has 0 aromatic heterocycles. The molecular formula is C15H23ClN2. The number of nitrogens with zero attached hydrogens (tertiary/aromatic N) is 1. The summed E-state index contributed by atoms with van der Waals surface area (Å²) in [6.45, 7) is 5.12. The number of hydrogen-bond donors (Lipinski definition) is 1. The maximum absolute atomic E-state index is 6.09. The fourth-order valence-corrected chi connectivity index (χ4v) is 2.80. The molecular weight excluding hydrogens is 244 g/mol. The predicted molar refractivity (Wildman–Crippen MR) is 79.4 cm³/mol. The standard InChI is InChI=1S/C15H23ClN2/c1-2-18(11-12-4-3-5-12)15-7-6-14(16)10-13(15)8-9-17/h6-7,10,12H,2-5,8-9,11,17H2,1H3. The van der Waals surface area contributed by atoms with Crippen molar-refractivity contribution in [3.8, 4) is 0 Å². The first kappa shape index (κ1) is 13.7. The van der Waals surface area contributed by atoms with Crippen molar-refractivity contribution in [3.05, 3.63) is 28.8 Å². The van der Waals surface area contributed by atoms with Crippen LogP contribution in [0, 0.1) is 5.92 Å². The molecule has 1 saturated carbocycles. The van der Waals surface area contributed by atoms with Gasteiger partial charge in [0.15, 0.2) is 0 Å². The lowest BCUT2D eigenvalue weighted by Gasteiger charge is -2.34. The number of hydrogen-bond acceptors (Lipinski definition) is 2. The first-order valence-electron chi connectivity index (χ1n) is 6.98. The monoisotopic (exact) mass is 266 g/mol. The second-order valence-corrected chi connectivity index (χ2v) is 5.58. The molecule has 0 amide bonds. The minimum Gasteiger partial charge on any atom is -0.371 e. The number of benzene rings is 1. The Balaban J connectivity index is 2.16. The molecule has 0 radical (unpaired) electrons. The van der Waals surface area contributed by atoms with Gasteiger partial charge in [0.1, 0.15) is 0 Å². The van der Waals surface area contributed by atoms with E-state index in [2.05, 4.69) is 24.0 Å². The largest absolute Gasteiger partial charge is 0.371 e. The Morgan fingerprint density at radius 1 is 1.39 bits per heavy atom. The van der Waals surface area contributed by atoms with Gasteiger partial charge in [-0.25, -0.2) is 0 Å². The van der Waals surface area contributed by atoms with Gasteiger partial charge in [-0.05, 0) is 62.4 Å². The average Bonchev–Trinajstić information content (AvgIpc) is 2.30. The summed E-state index contributed by atoms with van der Waals surface area (Å²) in [7, 11) is 0. The van der Waals surface area contributed by atoms with E-state index in [0.29, 0.717) is 6.54 Å². The fraction of sp³-hybridized carbons (Fsp3) is 0.600. The molecule has 18 heavy (non-hydrogen) atoms. The van der Waals surface area contributed by atoms with E-state index in [1.807, 2.05) is 6.07 Å². The first-order valence-corrected chi connectivity index (χ1v) is 7.35. The van der Waals surface area contributed by atoms with Gasteiger partial charge in [-0.15, -0.1) is 0 Å². The van der Waals surface area contributed by atoms with E-state index in [0.717, 1.165) is 23.9 Å². The van der Waals surface area contributed by atoms with Crippen LogP contribution in [0.2, 0.25) is 5.02 Å². The van der Waals surface area contributed by atoms with Crippen LogP contribution in [-0.2, 0) is 6.42 Å². The number of anilines is 1. The van der Waals surface area contributed by atoms with E-state index in [1.165, 1.54) is 37.1 Å². The predicted octanol–water partition coefficient (Wildman–Crippen LogP) is 3.47. The Morgan fingerprint density at radius 3 is 2.72 bits per heavy atom. The normalized spacial score (nSPS) is 15.5. The van der Waals surface area contributed by atoms with E-state index < -0.39 is 0 Å². The van der Waals surface area contributed by atoms with Crippen LogP contribution in [0.25, 0.3) is 0 Å². The Morgan fingerprint density at radius 2 is 2.17 bits per heavy atom. The topological polar surface area (TPSA) is 29.3 Å². The zero-order chi connectivity index (χ0) is 13.0. The molecule has 0 unspecified atom stereocenters. The Labute approximate surface area is 115 Å². The smallest absolute Gasteiger partial charge is 0.0410 e. The van der Waals surface area contributed by atoms with Crippen LogP contribution >= 0.6 is 11.6 Å². The van der Waals surface area contributed by atoms with Crippen molar-refractivity contribution in [3.63, 3.8) is 0 Å². The van der Waals surface area contributed by atoms with Gasteiger partial charge >= 0.3 is 0 Å². The molecule has 3 heteroatoms.